The zero-order chi connectivity index (χ0) is 23.8. The Balaban J connectivity index is 1.66. The summed E-state index contributed by atoms with van der Waals surface area (Å²) in [5.74, 6) is -0.487. The zero-order valence-electron chi connectivity index (χ0n) is 18.7. The van der Waals surface area contributed by atoms with Crippen molar-refractivity contribution in [2.24, 2.45) is 0 Å². The van der Waals surface area contributed by atoms with Crippen molar-refractivity contribution < 1.29 is 18.0 Å². The molecule has 5 nitrogen and oxygen atoms in total. The van der Waals surface area contributed by atoms with Gasteiger partial charge in [-0.05, 0) is 63.1 Å². The minimum atomic E-state index is -4.44. The topological polar surface area (TPSA) is 59.0 Å². The molecule has 4 rings (SSSR count). The second-order valence-electron chi connectivity index (χ2n) is 9.37. The number of hydrogen-bond donors (Lipinski definition) is 2. The summed E-state index contributed by atoms with van der Waals surface area (Å²) in [7, 11) is 0. The Kier molecular flexibility index (Phi) is 6.05. The highest BCUT2D eigenvalue weighted by molar-refractivity contribution is 5.95. The molecule has 1 fully saturated rings. The molecule has 1 aromatic heterocycles. The smallest absolute Gasteiger partial charge is 0.325 e. The lowest BCUT2D eigenvalue weighted by Gasteiger charge is -2.21. The first-order valence-electron chi connectivity index (χ1n) is 10.9. The summed E-state index contributed by atoms with van der Waals surface area (Å²) in [6.07, 6.45) is -2.15. The van der Waals surface area contributed by atoms with E-state index in [0.717, 1.165) is 17.8 Å². The van der Waals surface area contributed by atoms with Gasteiger partial charge < -0.3 is 5.32 Å². The van der Waals surface area contributed by atoms with Crippen molar-refractivity contribution >= 4 is 11.6 Å². The van der Waals surface area contributed by atoms with Crippen LogP contribution in [0.3, 0.4) is 0 Å². The van der Waals surface area contributed by atoms with Crippen LogP contribution in [-0.2, 0) is 16.5 Å². The third-order valence-corrected chi connectivity index (χ3v) is 5.88. The second kappa shape index (κ2) is 8.67. The Labute approximate surface area is 191 Å². The van der Waals surface area contributed by atoms with E-state index in [4.69, 9.17) is 5.10 Å². The summed E-state index contributed by atoms with van der Waals surface area (Å²) >= 11 is 0. The molecule has 0 radical (unpaired) electrons. The van der Waals surface area contributed by atoms with Gasteiger partial charge >= 0.3 is 6.18 Å². The number of benzene rings is 2. The largest absolute Gasteiger partial charge is 0.416 e. The van der Waals surface area contributed by atoms with E-state index < -0.39 is 23.8 Å². The first kappa shape index (κ1) is 23.0. The van der Waals surface area contributed by atoms with Gasteiger partial charge in [-0.15, -0.1) is 0 Å². The molecule has 3 aromatic rings. The maximum Gasteiger partial charge on any atom is 0.416 e. The third-order valence-electron chi connectivity index (χ3n) is 5.88. The molecule has 2 heterocycles. The van der Waals surface area contributed by atoms with Crippen molar-refractivity contribution in [1.29, 1.82) is 0 Å². The summed E-state index contributed by atoms with van der Waals surface area (Å²) in [6.45, 7) is 6.07. The van der Waals surface area contributed by atoms with Crippen LogP contribution in [0.2, 0.25) is 0 Å². The zero-order valence-corrected chi connectivity index (χ0v) is 18.7. The van der Waals surface area contributed by atoms with Crippen LogP contribution in [0.25, 0.3) is 0 Å². The number of carbonyl (C=O) groups is 1. The second-order valence-corrected chi connectivity index (χ2v) is 9.37. The summed E-state index contributed by atoms with van der Waals surface area (Å²) in [6, 6.07) is 15.2. The number of para-hydroxylation sites is 1. The van der Waals surface area contributed by atoms with Crippen molar-refractivity contribution in [2.45, 2.75) is 56.9 Å². The van der Waals surface area contributed by atoms with E-state index in [1.165, 1.54) is 6.07 Å². The van der Waals surface area contributed by atoms with Crippen LogP contribution in [0.15, 0.2) is 66.9 Å². The molecule has 1 aliphatic heterocycles. The van der Waals surface area contributed by atoms with Crippen LogP contribution in [0, 0.1) is 0 Å². The Morgan fingerprint density at radius 2 is 1.79 bits per heavy atom. The molecule has 0 unspecified atom stereocenters. The number of hydrogen-bond acceptors (Lipinski definition) is 3. The highest BCUT2D eigenvalue weighted by Crippen LogP contribution is 2.41. The maximum atomic E-state index is 13.4. The first-order valence-corrected chi connectivity index (χ1v) is 10.9. The summed E-state index contributed by atoms with van der Waals surface area (Å²) in [4.78, 5) is 13.0. The number of amides is 1. The van der Waals surface area contributed by atoms with Crippen LogP contribution in [0.1, 0.15) is 56.0 Å². The first-order chi connectivity index (χ1) is 15.5. The Morgan fingerprint density at radius 1 is 1.06 bits per heavy atom. The monoisotopic (exact) mass is 456 g/mol. The predicted octanol–water partition coefficient (Wildman–Crippen LogP) is 5.48. The molecular weight excluding hydrogens is 429 g/mol. The molecule has 174 valence electrons. The van der Waals surface area contributed by atoms with E-state index in [1.54, 1.807) is 18.2 Å². The minimum absolute atomic E-state index is 0.226. The number of rotatable bonds is 4. The van der Waals surface area contributed by atoms with E-state index in [1.807, 2.05) is 55.9 Å². The molecule has 1 aliphatic rings. The van der Waals surface area contributed by atoms with Crippen LogP contribution < -0.4 is 10.6 Å². The van der Waals surface area contributed by atoms with Crippen molar-refractivity contribution in [1.82, 2.24) is 15.1 Å². The minimum Gasteiger partial charge on any atom is -0.325 e. The average Bonchev–Trinajstić information content (AvgIpc) is 3.41. The van der Waals surface area contributed by atoms with Crippen LogP contribution in [0.4, 0.5) is 18.9 Å². The molecule has 2 aromatic carbocycles. The highest BCUT2D eigenvalue weighted by Gasteiger charge is 2.41. The van der Waals surface area contributed by atoms with Gasteiger partial charge in [0.05, 0.1) is 22.8 Å². The van der Waals surface area contributed by atoms with Gasteiger partial charge in [-0.25, -0.2) is 0 Å². The van der Waals surface area contributed by atoms with Crippen LogP contribution in [0.5, 0.6) is 0 Å². The fraction of sp³-hybridized carbons (Fsp3) is 0.360. The van der Waals surface area contributed by atoms with E-state index in [-0.39, 0.29) is 17.4 Å². The molecule has 0 bridgehead atoms. The number of carbonyl (C=O) groups excluding carboxylic acids is 1. The Bertz CT molecular complexity index is 1120. The van der Waals surface area contributed by atoms with E-state index >= 15 is 0 Å². The van der Waals surface area contributed by atoms with Gasteiger partial charge in [-0.1, -0.05) is 30.3 Å². The van der Waals surface area contributed by atoms with Crippen molar-refractivity contribution in [3.05, 3.63) is 83.7 Å². The summed E-state index contributed by atoms with van der Waals surface area (Å²) in [5.41, 5.74) is 0.948. The van der Waals surface area contributed by atoms with E-state index in [9.17, 15) is 18.0 Å². The molecule has 0 aliphatic carbocycles. The van der Waals surface area contributed by atoms with E-state index in [2.05, 4.69) is 10.6 Å². The van der Waals surface area contributed by atoms with Gasteiger partial charge in [0.1, 0.15) is 0 Å². The Morgan fingerprint density at radius 3 is 2.42 bits per heavy atom. The summed E-state index contributed by atoms with van der Waals surface area (Å²) in [5, 5.41) is 10.9. The molecule has 0 spiro atoms. The number of nitrogens with one attached hydrogen (secondary N) is 2. The van der Waals surface area contributed by atoms with Crippen molar-refractivity contribution in [3.8, 4) is 0 Å². The lowest BCUT2D eigenvalue weighted by Crippen LogP contribution is -2.36. The van der Waals surface area contributed by atoms with Gasteiger partial charge in [0, 0.05) is 23.8 Å². The molecule has 3 atom stereocenters. The maximum absolute atomic E-state index is 13.4. The number of aromatic nitrogens is 2. The lowest BCUT2D eigenvalue weighted by molar-refractivity contribution is -0.137. The van der Waals surface area contributed by atoms with Gasteiger partial charge in [-0.3, -0.25) is 14.8 Å². The molecule has 8 heteroatoms. The predicted molar refractivity (Wildman–Crippen MR) is 121 cm³/mol. The number of halogens is 3. The molecule has 1 amide bonds. The fourth-order valence-electron chi connectivity index (χ4n) is 4.16. The fourth-order valence-corrected chi connectivity index (χ4v) is 4.16. The number of anilines is 1. The van der Waals surface area contributed by atoms with Gasteiger partial charge in [0.25, 0.3) is 0 Å². The van der Waals surface area contributed by atoms with Gasteiger partial charge in [0.15, 0.2) is 0 Å². The average molecular weight is 457 g/mol. The molecule has 2 N–H and O–H groups in total. The van der Waals surface area contributed by atoms with Gasteiger partial charge in [0.2, 0.25) is 5.91 Å². The third kappa shape index (κ3) is 5.11. The standard InChI is InChI=1S/C25H27F3N4O/c1-24(2,3)32-13-12-20(31-32)19-15-21(23(33)29-18-10-5-4-6-11-18)30-22(19)16-8-7-9-17(14-16)25(26,27)28/h4-14,19,21-22,30H,15H2,1-3H3,(H,29,33)/t19-,21+,22+/m1/s1. The molecular formula is C25H27F3N4O. The quantitative estimate of drug-likeness (QED) is 0.546. The highest BCUT2D eigenvalue weighted by atomic mass is 19.4. The lowest BCUT2D eigenvalue weighted by atomic mass is 9.90. The number of nitrogens with zero attached hydrogens (tertiary/aromatic N) is 2. The van der Waals surface area contributed by atoms with E-state index in [0.29, 0.717) is 17.7 Å². The van der Waals surface area contributed by atoms with Crippen LogP contribution >= 0.6 is 0 Å². The molecule has 1 saturated heterocycles. The SMILES string of the molecule is CC(C)(C)n1ccc([C@H]2C[C@@H](C(=O)Nc3ccccc3)N[C@H]2c2cccc(C(F)(F)F)c2)n1. The van der Waals surface area contributed by atoms with Crippen molar-refractivity contribution in [2.75, 3.05) is 5.32 Å². The normalized spacial score (nSPS) is 21.2. The number of alkyl halides is 3. The van der Waals surface area contributed by atoms with Crippen LogP contribution in [-0.4, -0.2) is 21.7 Å². The van der Waals surface area contributed by atoms with Crippen molar-refractivity contribution in [3.63, 3.8) is 0 Å². The Hall–Kier alpha value is -3.13. The van der Waals surface area contributed by atoms with Gasteiger partial charge in [-0.2, -0.15) is 18.3 Å². The molecule has 0 saturated carbocycles. The molecule has 33 heavy (non-hydrogen) atoms. The summed E-state index contributed by atoms with van der Waals surface area (Å²) < 4.78 is 41.9.